The van der Waals surface area contributed by atoms with E-state index in [9.17, 15) is 5.11 Å². The Morgan fingerprint density at radius 2 is 2.00 bits per heavy atom. The average Bonchev–Trinajstić information content (AvgIpc) is 3.30. The van der Waals surface area contributed by atoms with Crippen molar-refractivity contribution in [2.75, 3.05) is 32.8 Å². The third kappa shape index (κ3) is 4.35. The molecule has 0 aromatic carbocycles. The molecule has 7 heteroatoms. The van der Waals surface area contributed by atoms with Crippen molar-refractivity contribution >= 4 is 21.6 Å². The zero-order valence-corrected chi connectivity index (χ0v) is 18.7. The number of thiophene rings is 1. The van der Waals surface area contributed by atoms with Gasteiger partial charge >= 0.3 is 0 Å². The molecule has 0 radical (unpaired) electrons. The molecule has 30 heavy (non-hydrogen) atoms. The maximum atomic E-state index is 9.95. The van der Waals surface area contributed by atoms with Crippen LogP contribution in [-0.4, -0.2) is 65.0 Å². The fourth-order valence-corrected chi connectivity index (χ4v) is 6.75. The number of aliphatic hydroxyl groups excluding tert-OH is 1. The molecule has 1 aliphatic heterocycles. The van der Waals surface area contributed by atoms with Gasteiger partial charge in [-0.1, -0.05) is 0 Å². The Morgan fingerprint density at radius 1 is 1.20 bits per heavy atom. The van der Waals surface area contributed by atoms with Crippen molar-refractivity contribution in [1.82, 2.24) is 14.9 Å². The van der Waals surface area contributed by atoms with Crippen LogP contribution in [0.1, 0.15) is 61.8 Å². The van der Waals surface area contributed by atoms with E-state index in [2.05, 4.69) is 14.9 Å². The average molecular weight is 432 g/mol. The van der Waals surface area contributed by atoms with Gasteiger partial charge in [0.25, 0.3) is 0 Å². The number of ether oxygens (including phenoxy) is 2. The van der Waals surface area contributed by atoms with Crippen molar-refractivity contribution < 1.29 is 14.6 Å². The highest BCUT2D eigenvalue weighted by Gasteiger charge is 2.32. The first-order valence-corrected chi connectivity index (χ1v) is 12.4. The van der Waals surface area contributed by atoms with Gasteiger partial charge in [-0.3, -0.25) is 4.90 Å². The third-order valence-corrected chi connectivity index (χ3v) is 8.19. The minimum Gasteiger partial charge on any atom is -0.474 e. The summed E-state index contributed by atoms with van der Waals surface area (Å²) >= 11 is 1.78. The molecule has 1 N–H and O–H groups in total. The van der Waals surface area contributed by atoms with E-state index in [1.54, 1.807) is 17.7 Å². The second kappa shape index (κ2) is 9.07. The van der Waals surface area contributed by atoms with Crippen LogP contribution < -0.4 is 4.74 Å². The molecule has 2 aliphatic carbocycles. The third-order valence-electron chi connectivity index (χ3n) is 7.01. The molecule has 6 nitrogen and oxygen atoms in total. The van der Waals surface area contributed by atoms with Crippen molar-refractivity contribution in [1.29, 1.82) is 0 Å². The molecule has 3 aliphatic rings. The van der Waals surface area contributed by atoms with Gasteiger partial charge in [-0.05, 0) is 69.3 Å². The SMILES string of the molecule is CC(O)CC1CCc2sc3ncnc(OC4CCC(CN5CCOCC5)CC4)c3c21. The van der Waals surface area contributed by atoms with Gasteiger partial charge in [0.2, 0.25) is 5.88 Å². The summed E-state index contributed by atoms with van der Waals surface area (Å²) in [5.41, 5.74) is 1.35. The summed E-state index contributed by atoms with van der Waals surface area (Å²) in [7, 11) is 0. The van der Waals surface area contributed by atoms with Gasteiger partial charge in [0, 0.05) is 24.5 Å². The highest BCUT2D eigenvalue weighted by Crippen LogP contribution is 2.47. The number of rotatable bonds is 6. The molecule has 3 heterocycles. The molecule has 0 bridgehead atoms. The summed E-state index contributed by atoms with van der Waals surface area (Å²) < 4.78 is 12.0. The number of fused-ring (bicyclic) bond motifs is 3. The smallest absolute Gasteiger partial charge is 0.225 e. The molecule has 5 rings (SSSR count). The van der Waals surface area contributed by atoms with Crippen molar-refractivity contribution in [3.05, 3.63) is 16.8 Å². The Hall–Kier alpha value is -1.28. The van der Waals surface area contributed by atoms with Gasteiger partial charge < -0.3 is 14.6 Å². The first-order chi connectivity index (χ1) is 14.7. The summed E-state index contributed by atoms with van der Waals surface area (Å²) in [4.78, 5) is 14.1. The molecule has 1 saturated heterocycles. The van der Waals surface area contributed by atoms with E-state index < -0.39 is 0 Å². The molecule has 2 unspecified atom stereocenters. The quantitative estimate of drug-likeness (QED) is 0.751. The van der Waals surface area contributed by atoms with Gasteiger partial charge in [0.15, 0.2) is 0 Å². The van der Waals surface area contributed by atoms with Crippen molar-refractivity contribution in [2.45, 2.75) is 70.0 Å². The summed E-state index contributed by atoms with van der Waals surface area (Å²) in [6, 6.07) is 0. The van der Waals surface area contributed by atoms with Crippen molar-refractivity contribution in [3.8, 4) is 5.88 Å². The topological polar surface area (TPSA) is 67.7 Å². The Balaban J connectivity index is 1.26. The fraction of sp³-hybridized carbons (Fsp3) is 0.739. The zero-order valence-electron chi connectivity index (χ0n) is 17.9. The molecular weight excluding hydrogens is 398 g/mol. The maximum absolute atomic E-state index is 9.95. The number of hydrogen-bond acceptors (Lipinski definition) is 7. The second-order valence-corrected chi connectivity index (χ2v) is 10.4. The van der Waals surface area contributed by atoms with Crippen LogP contribution in [-0.2, 0) is 11.2 Å². The molecular formula is C23H33N3O3S. The van der Waals surface area contributed by atoms with Crippen molar-refractivity contribution in [2.24, 2.45) is 5.92 Å². The van der Waals surface area contributed by atoms with Crippen LogP contribution in [0.5, 0.6) is 5.88 Å². The Morgan fingerprint density at radius 3 is 2.77 bits per heavy atom. The van der Waals surface area contributed by atoms with Crippen molar-refractivity contribution in [3.63, 3.8) is 0 Å². The summed E-state index contributed by atoms with van der Waals surface area (Å²) in [6.07, 6.45) is 9.27. The lowest BCUT2D eigenvalue weighted by atomic mass is 9.87. The molecule has 2 fully saturated rings. The van der Waals surface area contributed by atoms with Crippen LogP contribution in [0.3, 0.4) is 0 Å². The van der Waals surface area contributed by atoms with Gasteiger partial charge in [0.1, 0.15) is 17.3 Å². The minimum atomic E-state index is -0.286. The van der Waals surface area contributed by atoms with E-state index in [-0.39, 0.29) is 12.2 Å². The van der Waals surface area contributed by atoms with Gasteiger partial charge in [-0.15, -0.1) is 11.3 Å². The predicted molar refractivity (Wildman–Crippen MR) is 118 cm³/mol. The van der Waals surface area contributed by atoms with Crippen LogP contribution in [0.2, 0.25) is 0 Å². The van der Waals surface area contributed by atoms with Gasteiger partial charge in [-0.2, -0.15) is 0 Å². The fourth-order valence-electron chi connectivity index (χ4n) is 5.52. The van der Waals surface area contributed by atoms with E-state index in [0.717, 1.165) is 80.4 Å². The second-order valence-electron chi connectivity index (χ2n) is 9.29. The van der Waals surface area contributed by atoms with Gasteiger partial charge in [0.05, 0.1) is 24.7 Å². The highest BCUT2D eigenvalue weighted by atomic mass is 32.1. The summed E-state index contributed by atoms with van der Waals surface area (Å²) in [5.74, 6) is 1.94. The molecule has 164 valence electrons. The monoisotopic (exact) mass is 431 g/mol. The Bertz CT molecular complexity index is 857. The van der Waals surface area contributed by atoms with Crippen LogP contribution in [0, 0.1) is 5.92 Å². The molecule has 2 aromatic rings. The molecule has 2 aromatic heterocycles. The van der Waals surface area contributed by atoms with E-state index in [4.69, 9.17) is 9.47 Å². The first kappa shape index (κ1) is 20.6. The Kier molecular flexibility index (Phi) is 6.23. The van der Waals surface area contributed by atoms with Crippen LogP contribution in [0.25, 0.3) is 10.2 Å². The standard InChI is InChI=1S/C23H33N3O3S/c1-15(27)12-17-4-7-19-20(17)21-22(24-14-25-23(21)30-19)29-18-5-2-16(3-6-18)13-26-8-10-28-11-9-26/h14-18,27H,2-13H2,1H3. The number of aliphatic hydroxyl groups is 1. The number of aromatic nitrogens is 2. The number of nitrogens with zero attached hydrogens (tertiary/aromatic N) is 3. The van der Waals surface area contributed by atoms with E-state index >= 15 is 0 Å². The zero-order chi connectivity index (χ0) is 20.5. The first-order valence-electron chi connectivity index (χ1n) is 11.6. The highest BCUT2D eigenvalue weighted by molar-refractivity contribution is 7.19. The number of morpholine rings is 1. The lowest BCUT2D eigenvalue weighted by molar-refractivity contribution is 0.0231. The normalized spacial score (nSPS) is 28.5. The lowest BCUT2D eigenvalue weighted by Crippen LogP contribution is -2.40. The Labute approximate surface area is 182 Å². The van der Waals surface area contributed by atoms with Crippen LogP contribution >= 0.6 is 11.3 Å². The predicted octanol–water partition coefficient (Wildman–Crippen LogP) is 3.76. The molecule has 0 spiro atoms. The molecule has 0 amide bonds. The van der Waals surface area contributed by atoms with Crippen LogP contribution in [0.15, 0.2) is 6.33 Å². The van der Waals surface area contributed by atoms with Gasteiger partial charge in [-0.25, -0.2) is 9.97 Å². The lowest BCUT2D eigenvalue weighted by Gasteiger charge is -2.34. The van der Waals surface area contributed by atoms with E-state index in [1.807, 2.05) is 6.92 Å². The number of aryl methyl sites for hydroxylation is 1. The maximum Gasteiger partial charge on any atom is 0.225 e. The largest absolute Gasteiger partial charge is 0.474 e. The minimum absolute atomic E-state index is 0.246. The van der Waals surface area contributed by atoms with Crippen LogP contribution in [0.4, 0.5) is 0 Å². The molecule has 2 atom stereocenters. The number of hydrogen-bond donors (Lipinski definition) is 1. The molecule has 1 saturated carbocycles. The summed E-state index contributed by atoms with van der Waals surface area (Å²) in [5, 5.41) is 11.1. The van der Waals surface area contributed by atoms with E-state index in [1.165, 1.54) is 29.8 Å². The van der Waals surface area contributed by atoms with E-state index in [0.29, 0.717) is 5.92 Å². The summed E-state index contributed by atoms with van der Waals surface area (Å²) in [6.45, 7) is 6.99.